The fourth-order valence-corrected chi connectivity index (χ4v) is 4.38. The lowest BCUT2D eigenvalue weighted by Crippen LogP contribution is -2.22. The zero-order valence-corrected chi connectivity index (χ0v) is 22.9. The molecular weight excluding hydrogens is 542 g/mol. The Morgan fingerprint density at radius 3 is 2.30 bits per heavy atom. The fraction of sp³-hybridized carbons (Fsp3) is 0.233. The molecule has 10 heteroatoms. The molecule has 0 unspecified atom stereocenters. The number of fused-ring (bicyclic) bond motifs is 1. The number of ether oxygens (including phenoxy) is 2. The number of aromatic nitrogens is 1. The van der Waals surface area contributed by atoms with Crippen LogP contribution in [0.1, 0.15) is 43.7 Å². The van der Waals surface area contributed by atoms with Crippen molar-refractivity contribution in [3.8, 4) is 11.5 Å². The zero-order chi connectivity index (χ0) is 29.0. The topological polar surface area (TPSA) is 86.6 Å². The molecule has 7 nitrogen and oxygen atoms in total. The summed E-state index contributed by atoms with van der Waals surface area (Å²) in [7, 11) is 0. The molecule has 0 bridgehead atoms. The van der Waals surface area contributed by atoms with Crippen LogP contribution in [0.15, 0.2) is 65.6 Å². The summed E-state index contributed by atoms with van der Waals surface area (Å²) in [6.07, 6.45) is 1.23. The summed E-state index contributed by atoms with van der Waals surface area (Å²) in [4.78, 5) is 38.2. The first kappa shape index (κ1) is 28.8. The molecule has 4 rings (SSSR count). The van der Waals surface area contributed by atoms with E-state index in [0.717, 1.165) is 12.1 Å². The summed E-state index contributed by atoms with van der Waals surface area (Å²) in [6, 6.07) is 13.3. The minimum Gasteiger partial charge on any atom is -0.462 e. The van der Waals surface area contributed by atoms with Crippen LogP contribution < -0.4 is 15.5 Å². The first-order valence-electron chi connectivity index (χ1n) is 12.6. The Hall–Kier alpha value is -4.24. The Balaban J connectivity index is 0.00000462. The van der Waals surface area contributed by atoms with Crippen molar-refractivity contribution in [2.24, 2.45) is 5.92 Å². The second-order valence-electron chi connectivity index (χ2n) is 9.26. The van der Waals surface area contributed by atoms with Gasteiger partial charge in [0.15, 0.2) is 0 Å². The highest BCUT2D eigenvalue weighted by Crippen LogP contribution is 2.33. The van der Waals surface area contributed by atoms with Gasteiger partial charge in [0.2, 0.25) is 11.3 Å². The summed E-state index contributed by atoms with van der Waals surface area (Å²) in [5.41, 5.74) is -0.0127. The number of esters is 1. The standard InChI is InChI=1S/C30H27ClF2N2O5.H2/c1-4-39-30(38)22-16-35(15-21-23(32)6-5-7-24(21)33)25-12-13-26(20(14-31)27(25)28(22)36)40-19-10-8-18(9-11-19)34-29(37)17(2)3;/h5-13,16-17H,4,14-15H2,1-3H3,(H,34,37);1H. The number of carbonyl (C=O) groups is 2. The number of anilines is 1. The van der Waals surface area contributed by atoms with Gasteiger partial charge in [-0.15, -0.1) is 11.6 Å². The molecule has 0 aliphatic heterocycles. The maximum absolute atomic E-state index is 14.5. The Morgan fingerprint density at radius 1 is 1.02 bits per heavy atom. The van der Waals surface area contributed by atoms with Gasteiger partial charge >= 0.3 is 5.97 Å². The van der Waals surface area contributed by atoms with Crippen LogP contribution >= 0.6 is 11.6 Å². The number of hydrogen-bond donors (Lipinski definition) is 1. The van der Waals surface area contributed by atoms with E-state index in [2.05, 4.69) is 5.32 Å². The summed E-state index contributed by atoms with van der Waals surface area (Å²) < 4.78 is 41.5. The number of amides is 1. The molecule has 3 aromatic carbocycles. The SMILES string of the molecule is CCOC(=O)c1cn(Cc2c(F)cccc2F)c2ccc(Oc3ccc(NC(=O)C(C)C)cc3)c(CCl)c2c1=O.[HH]. The molecule has 0 radical (unpaired) electrons. The van der Waals surface area contributed by atoms with E-state index in [1.54, 1.807) is 57.2 Å². The van der Waals surface area contributed by atoms with Gasteiger partial charge in [-0.1, -0.05) is 19.9 Å². The molecule has 0 saturated heterocycles. The fourth-order valence-electron chi connectivity index (χ4n) is 4.11. The zero-order valence-electron chi connectivity index (χ0n) is 22.1. The number of hydrogen-bond acceptors (Lipinski definition) is 5. The molecule has 1 amide bonds. The van der Waals surface area contributed by atoms with Gasteiger partial charge in [0.25, 0.3) is 0 Å². The molecule has 0 aliphatic carbocycles. The van der Waals surface area contributed by atoms with Gasteiger partial charge in [0, 0.05) is 30.4 Å². The number of nitrogens with one attached hydrogen (secondary N) is 1. The molecule has 0 atom stereocenters. The molecule has 210 valence electrons. The highest BCUT2D eigenvalue weighted by molar-refractivity contribution is 6.18. The number of alkyl halides is 1. The van der Waals surface area contributed by atoms with Crippen LogP contribution in [0.4, 0.5) is 14.5 Å². The van der Waals surface area contributed by atoms with Crippen LogP contribution in [-0.4, -0.2) is 23.1 Å². The minimum atomic E-state index is -0.872. The Labute approximate surface area is 235 Å². The summed E-state index contributed by atoms with van der Waals surface area (Å²) in [5.74, 6) is -2.22. The predicted octanol–water partition coefficient (Wildman–Crippen LogP) is 6.88. The van der Waals surface area contributed by atoms with Crippen LogP contribution in [0.5, 0.6) is 11.5 Å². The molecule has 1 heterocycles. The normalized spacial score (nSPS) is 11.1. The quantitative estimate of drug-likeness (QED) is 0.175. The molecule has 0 saturated carbocycles. The number of halogens is 3. The maximum atomic E-state index is 14.5. The summed E-state index contributed by atoms with van der Waals surface area (Å²) in [5, 5.41) is 2.86. The highest BCUT2D eigenvalue weighted by atomic mass is 35.5. The highest BCUT2D eigenvalue weighted by Gasteiger charge is 2.22. The lowest BCUT2D eigenvalue weighted by atomic mass is 10.0. The van der Waals surface area contributed by atoms with Crippen molar-refractivity contribution in [3.05, 3.63) is 99.3 Å². The van der Waals surface area contributed by atoms with Gasteiger partial charge in [-0.2, -0.15) is 0 Å². The largest absolute Gasteiger partial charge is 0.462 e. The van der Waals surface area contributed by atoms with Crippen LogP contribution in [-0.2, 0) is 22.0 Å². The van der Waals surface area contributed by atoms with Crippen molar-refractivity contribution in [1.29, 1.82) is 0 Å². The van der Waals surface area contributed by atoms with E-state index in [0.29, 0.717) is 17.0 Å². The average Bonchev–Trinajstić information content (AvgIpc) is 2.92. The molecule has 40 heavy (non-hydrogen) atoms. The summed E-state index contributed by atoms with van der Waals surface area (Å²) in [6.45, 7) is 4.90. The van der Waals surface area contributed by atoms with Gasteiger partial charge in [-0.25, -0.2) is 13.6 Å². The Bertz CT molecular complexity index is 1620. The first-order chi connectivity index (χ1) is 19.1. The van der Waals surface area contributed by atoms with Crippen molar-refractivity contribution < 1.29 is 29.3 Å². The van der Waals surface area contributed by atoms with Gasteiger partial charge in [0.05, 0.1) is 29.9 Å². The average molecular weight is 571 g/mol. The van der Waals surface area contributed by atoms with Gasteiger partial charge in [-0.3, -0.25) is 9.59 Å². The number of nitrogens with zero attached hydrogens (tertiary/aromatic N) is 1. The third kappa shape index (κ3) is 5.99. The van der Waals surface area contributed by atoms with Crippen molar-refractivity contribution in [1.82, 2.24) is 4.57 Å². The molecule has 1 aromatic heterocycles. The predicted molar refractivity (Wildman–Crippen MR) is 151 cm³/mol. The minimum absolute atomic E-state index is 0. The van der Waals surface area contributed by atoms with Gasteiger partial charge < -0.3 is 19.4 Å². The van der Waals surface area contributed by atoms with Crippen LogP contribution in [0.3, 0.4) is 0 Å². The van der Waals surface area contributed by atoms with Crippen molar-refractivity contribution in [2.75, 3.05) is 11.9 Å². The Kier molecular flexibility index (Phi) is 8.84. The second kappa shape index (κ2) is 12.3. The third-order valence-electron chi connectivity index (χ3n) is 6.21. The van der Waals surface area contributed by atoms with E-state index in [9.17, 15) is 23.2 Å². The maximum Gasteiger partial charge on any atom is 0.343 e. The second-order valence-corrected chi connectivity index (χ2v) is 9.53. The van der Waals surface area contributed by atoms with E-state index in [-0.39, 0.29) is 60.1 Å². The monoisotopic (exact) mass is 570 g/mol. The number of rotatable bonds is 9. The number of benzene rings is 3. The van der Waals surface area contributed by atoms with Gasteiger partial charge in [-0.05, 0) is 55.5 Å². The van der Waals surface area contributed by atoms with E-state index in [1.807, 2.05) is 0 Å². The van der Waals surface area contributed by atoms with Gasteiger partial charge in [0.1, 0.15) is 28.7 Å². The Morgan fingerprint density at radius 2 is 1.70 bits per heavy atom. The lowest BCUT2D eigenvalue weighted by Gasteiger charge is -2.18. The molecule has 0 spiro atoms. The summed E-state index contributed by atoms with van der Waals surface area (Å²) >= 11 is 6.31. The third-order valence-corrected chi connectivity index (χ3v) is 6.47. The molecule has 0 aliphatic rings. The number of carbonyl (C=O) groups excluding carboxylic acids is 2. The van der Waals surface area contributed by atoms with Crippen molar-refractivity contribution in [3.63, 3.8) is 0 Å². The number of pyridine rings is 1. The van der Waals surface area contributed by atoms with Crippen LogP contribution in [0, 0.1) is 17.6 Å². The van der Waals surface area contributed by atoms with E-state index >= 15 is 0 Å². The lowest BCUT2D eigenvalue weighted by molar-refractivity contribution is -0.118. The molecular formula is C30H29ClF2N2O5. The first-order valence-corrected chi connectivity index (χ1v) is 13.1. The van der Waals surface area contributed by atoms with E-state index in [4.69, 9.17) is 21.1 Å². The van der Waals surface area contributed by atoms with Crippen LogP contribution in [0.25, 0.3) is 10.9 Å². The van der Waals surface area contributed by atoms with E-state index in [1.165, 1.54) is 16.8 Å². The molecule has 4 aromatic rings. The molecule has 0 fully saturated rings. The smallest absolute Gasteiger partial charge is 0.343 e. The van der Waals surface area contributed by atoms with Crippen molar-refractivity contribution in [2.45, 2.75) is 33.2 Å². The van der Waals surface area contributed by atoms with Crippen molar-refractivity contribution >= 4 is 40.1 Å². The van der Waals surface area contributed by atoms with Crippen LogP contribution in [0.2, 0.25) is 0 Å². The van der Waals surface area contributed by atoms with E-state index < -0.39 is 23.0 Å². The molecule has 1 N–H and O–H groups in total.